The van der Waals surface area contributed by atoms with Crippen LogP contribution in [0.5, 0.6) is 0 Å². The van der Waals surface area contributed by atoms with E-state index in [2.05, 4.69) is 36.1 Å². The molecule has 0 bridgehead atoms. The van der Waals surface area contributed by atoms with E-state index >= 15 is 0 Å². The van der Waals surface area contributed by atoms with E-state index < -0.39 is 0 Å². The van der Waals surface area contributed by atoms with Gasteiger partial charge < -0.3 is 15.1 Å². The van der Waals surface area contributed by atoms with Gasteiger partial charge in [0, 0.05) is 18.6 Å². The van der Waals surface area contributed by atoms with Gasteiger partial charge >= 0.3 is 0 Å². The zero-order valence-electron chi connectivity index (χ0n) is 11.8. The van der Waals surface area contributed by atoms with Crippen molar-refractivity contribution in [3.05, 3.63) is 0 Å². The van der Waals surface area contributed by atoms with Gasteiger partial charge in [0.2, 0.25) is 0 Å². The molecule has 17 heavy (non-hydrogen) atoms. The fourth-order valence-electron chi connectivity index (χ4n) is 3.39. The van der Waals surface area contributed by atoms with Gasteiger partial charge in [-0.1, -0.05) is 0 Å². The maximum Gasteiger partial charge on any atom is 0.0117 e. The quantitative estimate of drug-likeness (QED) is 0.803. The maximum absolute atomic E-state index is 3.55. The van der Waals surface area contributed by atoms with Gasteiger partial charge in [-0.15, -0.1) is 0 Å². The van der Waals surface area contributed by atoms with Crippen molar-refractivity contribution >= 4 is 0 Å². The van der Waals surface area contributed by atoms with E-state index in [1.807, 2.05) is 0 Å². The van der Waals surface area contributed by atoms with Crippen molar-refractivity contribution in [2.45, 2.75) is 44.7 Å². The molecule has 2 aliphatic rings. The lowest BCUT2D eigenvalue weighted by Gasteiger charge is -2.38. The maximum atomic E-state index is 3.55. The van der Waals surface area contributed by atoms with Gasteiger partial charge in [0.1, 0.15) is 0 Å². The molecule has 1 N–H and O–H groups in total. The summed E-state index contributed by atoms with van der Waals surface area (Å²) < 4.78 is 0. The lowest BCUT2D eigenvalue weighted by molar-refractivity contribution is 0.118. The van der Waals surface area contributed by atoms with Crippen LogP contribution in [0.15, 0.2) is 0 Å². The summed E-state index contributed by atoms with van der Waals surface area (Å²) in [5.41, 5.74) is 0. The Morgan fingerprint density at radius 1 is 1.24 bits per heavy atom. The Labute approximate surface area is 107 Å². The van der Waals surface area contributed by atoms with Crippen molar-refractivity contribution in [3.63, 3.8) is 0 Å². The monoisotopic (exact) mass is 239 g/mol. The predicted molar refractivity (Wildman–Crippen MR) is 73.3 cm³/mol. The SMILES string of the molecule is CC1CC(CN(C)C2CCN(C)CC2)CCN1. The average molecular weight is 239 g/mol. The fourth-order valence-corrected chi connectivity index (χ4v) is 3.39. The minimum Gasteiger partial charge on any atom is -0.314 e. The highest BCUT2D eigenvalue weighted by Gasteiger charge is 2.24. The van der Waals surface area contributed by atoms with Crippen LogP contribution in [-0.4, -0.2) is 62.2 Å². The zero-order chi connectivity index (χ0) is 12.3. The molecule has 0 saturated carbocycles. The van der Waals surface area contributed by atoms with Crippen molar-refractivity contribution < 1.29 is 0 Å². The minimum absolute atomic E-state index is 0.722. The Kier molecular flexibility index (Phi) is 4.83. The van der Waals surface area contributed by atoms with E-state index in [1.165, 1.54) is 51.9 Å². The van der Waals surface area contributed by atoms with Gasteiger partial charge in [0.15, 0.2) is 0 Å². The van der Waals surface area contributed by atoms with Gasteiger partial charge in [0.25, 0.3) is 0 Å². The van der Waals surface area contributed by atoms with Gasteiger partial charge in [-0.05, 0) is 72.3 Å². The van der Waals surface area contributed by atoms with Crippen LogP contribution in [0.2, 0.25) is 0 Å². The standard InChI is InChI=1S/C14H29N3/c1-12-10-13(4-7-15-12)11-17(3)14-5-8-16(2)9-6-14/h12-15H,4-11H2,1-3H3. The van der Waals surface area contributed by atoms with Gasteiger partial charge in [-0.25, -0.2) is 0 Å². The van der Waals surface area contributed by atoms with Crippen molar-refractivity contribution in [2.24, 2.45) is 5.92 Å². The summed E-state index contributed by atoms with van der Waals surface area (Å²) in [4.78, 5) is 5.09. The minimum atomic E-state index is 0.722. The summed E-state index contributed by atoms with van der Waals surface area (Å²) in [5.74, 6) is 0.913. The molecule has 0 aliphatic carbocycles. The molecule has 2 heterocycles. The lowest BCUT2D eigenvalue weighted by atomic mass is 9.92. The summed E-state index contributed by atoms with van der Waals surface area (Å²) >= 11 is 0. The number of nitrogens with one attached hydrogen (secondary N) is 1. The first-order valence-electron chi connectivity index (χ1n) is 7.27. The Morgan fingerprint density at radius 3 is 2.59 bits per heavy atom. The number of nitrogens with zero attached hydrogens (tertiary/aromatic N) is 2. The van der Waals surface area contributed by atoms with E-state index in [9.17, 15) is 0 Å². The van der Waals surface area contributed by atoms with Gasteiger partial charge in [-0.3, -0.25) is 0 Å². The zero-order valence-corrected chi connectivity index (χ0v) is 11.8. The van der Waals surface area contributed by atoms with E-state index in [4.69, 9.17) is 0 Å². The fraction of sp³-hybridized carbons (Fsp3) is 1.00. The Morgan fingerprint density at radius 2 is 1.94 bits per heavy atom. The van der Waals surface area contributed by atoms with Crippen LogP contribution < -0.4 is 5.32 Å². The molecule has 0 aromatic heterocycles. The highest BCUT2D eigenvalue weighted by molar-refractivity contribution is 4.81. The molecular formula is C14H29N3. The summed E-state index contributed by atoms with van der Waals surface area (Å²) in [6.45, 7) is 7.39. The summed E-state index contributed by atoms with van der Waals surface area (Å²) in [5, 5.41) is 3.55. The summed E-state index contributed by atoms with van der Waals surface area (Å²) in [6.07, 6.45) is 5.43. The molecule has 0 aromatic carbocycles. The second-order valence-electron chi connectivity index (χ2n) is 6.22. The van der Waals surface area contributed by atoms with E-state index in [0.717, 1.165) is 18.0 Å². The van der Waals surface area contributed by atoms with E-state index in [-0.39, 0.29) is 0 Å². The number of hydrogen-bond acceptors (Lipinski definition) is 3. The number of piperidine rings is 2. The second-order valence-corrected chi connectivity index (χ2v) is 6.22. The van der Waals surface area contributed by atoms with Crippen molar-refractivity contribution in [1.29, 1.82) is 0 Å². The summed E-state index contributed by atoms with van der Waals surface area (Å²) in [6, 6.07) is 1.55. The molecule has 0 amide bonds. The number of hydrogen-bond donors (Lipinski definition) is 1. The summed E-state index contributed by atoms with van der Waals surface area (Å²) in [7, 11) is 4.58. The molecule has 2 aliphatic heterocycles. The molecule has 2 rings (SSSR count). The molecule has 2 fully saturated rings. The predicted octanol–water partition coefficient (Wildman–Crippen LogP) is 1.40. The number of likely N-dealkylation sites (tertiary alicyclic amines) is 1. The van der Waals surface area contributed by atoms with Gasteiger partial charge in [-0.2, -0.15) is 0 Å². The van der Waals surface area contributed by atoms with Gasteiger partial charge in [0.05, 0.1) is 0 Å². The van der Waals surface area contributed by atoms with E-state index in [0.29, 0.717) is 0 Å². The molecular weight excluding hydrogens is 210 g/mol. The molecule has 3 nitrogen and oxygen atoms in total. The van der Waals surface area contributed by atoms with Crippen LogP contribution in [-0.2, 0) is 0 Å². The first-order valence-corrected chi connectivity index (χ1v) is 7.27. The number of rotatable bonds is 3. The Balaban J connectivity index is 1.74. The smallest absolute Gasteiger partial charge is 0.0117 e. The molecule has 3 heteroatoms. The lowest BCUT2D eigenvalue weighted by Crippen LogP contribution is -2.45. The molecule has 2 unspecified atom stereocenters. The topological polar surface area (TPSA) is 18.5 Å². The van der Waals surface area contributed by atoms with Crippen LogP contribution in [0, 0.1) is 5.92 Å². The highest BCUT2D eigenvalue weighted by atomic mass is 15.2. The third-order valence-electron chi connectivity index (χ3n) is 4.59. The van der Waals surface area contributed by atoms with Crippen LogP contribution in [0.3, 0.4) is 0 Å². The largest absolute Gasteiger partial charge is 0.314 e. The molecule has 0 radical (unpaired) electrons. The third kappa shape index (κ3) is 3.94. The molecule has 0 spiro atoms. The van der Waals surface area contributed by atoms with Crippen LogP contribution in [0.25, 0.3) is 0 Å². The third-order valence-corrected chi connectivity index (χ3v) is 4.59. The van der Waals surface area contributed by atoms with Crippen LogP contribution >= 0.6 is 0 Å². The van der Waals surface area contributed by atoms with Crippen LogP contribution in [0.4, 0.5) is 0 Å². The van der Waals surface area contributed by atoms with Crippen molar-refractivity contribution in [3.8, 4) is 0 Å². The molecule has 2 saturated heterocycles. The first kappa shape index (κ1) is 13.3. The molecule has 100 valence electrons. The second kappa shape index (κ2) is 6.17. The molecule has 0 aromatic rings. The van der Waals surface area contributed by atoms with Crippen LogP contribution in [0.1, 0.15) is 32.6 Å². The highest BCUT2D eigenvalue weighted by Crippen LogP contribution is 2.20. The average Bonchev–Trinajstić information content (AvgIpc) is 2.29. The normalized spacial score (nSPS) is 33.2. The van der Waals surface area contributed by atoms with Crippen molar-refractivity contribution in [1.82, 2.24) is 15.1 Å². The Bertz CT molecular complexity index is 224. The first-order chi connectivity index (χ1) is 8.15. The molecule has 2 atom stereocenters. The van der Waals surface area contributed by atoms with E-state index in [1.54, 1.807) is 0 Å². The van der Waals surface area contributed by atoms with Crippen molar-refractivity contribution in [2.75, 3.05) is 40.3 Å². The Hall–Kier alpha value is -0.120.